The van der Waals surface area contributed by atoms with Gasteiger partial charge in [0.25, 0.3) is 0 Å². The first-order chi connectivity index (χ1) is 7.00. The summed E-state index contributed by atoms with van der Waals surface area (Å²) in [6.45, 7) is 3.49. The fraction of sp³-hybridized carbons (Fsp3) is 0.455. The predicted octanol–water partition coefficient (Wildman–Crippen LogP) is 4.05. The lowest BCUT2D eigenvalue weighted by atomic mass is 10.2. The normalized spacial score (nSPS) is 13.2. The lowest BCUT2D eigenvalue weighted by molar-refractivity contribution is 0.330. The number of alkyl halides is 1. The number of nitrogens with zero attached hydrogens (tertiary/aromatic N) is 1. The average molecular weight is 267 g/mol. The van der Waals surface area contributed by atoms with Crippen molar-refractivity contribution in [3.8, 4) is 0 Å². The molecule has 0 aromatic heterocycles. The first-order valence-electron chi connectivity index (χ1n) is 4.76. The first-order valence-corrected chi connectivity index (χ1v) is 5.95. The van der Waals surface area contributed by atoms with Crippen LogP contribution in [-0.4, -0.2) is 23.9 Å². The Labute approximate surface area is 106 Å². The summed E-state index contributed by atoms with van der Waals surface area (Å²) in [5.74, 6) is 0. The maximum Gasteiger partial charge on any atom is 0.0465 e. The molecule has 1 unspecified atom stereocenters. The van der Waals surface area contributed by atoms with E-state index in [-0.39, 0.29) is 5.38 Å². The molecule has 0 aliphatic carbocycles. The third-order valence-electron chi connectivity index (χ3n) is 2.05. The lowest BCUT2D eigenvalue weighted by Crippen LogP contribution is -2.24. The Morgan fingerprint density at radius 3 is 2.27 bits per heavy atom. The van der Waals surface area contributed by atoms with Gasteiger partial charge in [-0.05, 0) is 26.1 Å². The molecule has 0 bridgehead atoms. The molecule has 0 saturated carbocycles. The molecule has 0 heterocycles. The molecule has 0 amide bonds. The van der Waals surface area contributed by atoms with Crippen LogP contribution in [0.1, 0.15) is 12.5 Å². The lowest BCUT2D eigenvalue weighted by Gasteiger charge is -2.19. The van der Waals surface area contributed by atoms with Gasteiger partial charge in [0.05, 0.1) is 0 Å². The standard InChI is InChI=1S/C11H14Cl3N/c1-8(12)6-15(2)7-9-10(13)4-3-5-11(9)14/h3-5,8H,6-7H2,1-2H3. The second-order valence-corrected chi connectivity index (χ2v) is 5.24. The van der Waals surface area contributed by atoms with Crippen molar-refractivity contribution in [1.82, 2.24) is 4.90 Å². The molecule has 0 aliphatic heterocycles. The highest BCUT2D eigenvalue weighted by Gasteiger charge is 2.09. The number of halogens is 3. The Balaban J connectivity index is 2.71. The molecule has 1 atom stereocenters. The van der Waals surface area contributed by atoms with Gasteiger partial charge in [-0.15, -0.1) is 11.6 Å². The van der Waals surface area contributed by atoms with E-state index in [0.717, 1.165) is 18.7 Å². The molecule has 0 fully saturated rings. The van der Waals surface area contributed by atoms with Crippen molar-refractivity contribution in [2.45, 2.75) is 18.8 Å². The van der Waals surface area contributed by atoms with Crippen molar-refractivity contribution in [2.24, 2.45) is 0 Å². The van der Waals surface area contributed by atoms with E-state index in [2.05, 4.69) is 4.90 Å². The van der Waals surface area contributed by atoms with Crippen LogP contribution in [0.3, 0.4) is 0 Å². The zero-order valence-corrected chi connectivity index (χ0v) is 11.1. The molecule has 0 spiro atoms. The van der Waals surface area contributed by atoms with E-state index in [9.17, 15) is 0 Å². The zero-order chi connectivity index (χ0) is 11.4. The highest BCUT2D eigenvalue weighted by atomic mass is 35.5. The monoisotopic (exact) mass is 265 g/mol. The van der Waals surface area contributed by atoms with Crippen molar-refractivity contribution in [3.63, 3.8) is 0 Å². The second kappa shape index (κ2) is 5.95. The van der Waals surface area contributed by atoms with Gasteiger partial charge in [-0.2, -0.15) is 0 Å². The van der Waals surface area contributed by atoms with Crippen LogP contribution >= 0.6 is 34.8 Å². The Morgan fingerprint density at radius 1 is 1.27 bits per heavy atom. The molecule has 0 aliphatic rings. The van der Waals surface area contributed by atoms with Gasteiger partial charge in [0.15, 0.2) is 0 Å². The van der Waals surface area contributed by atoms with E-state index in [0.29, 0.717) is 10.0 Å². The molecule has 1 aromatic carbocycles. The van der Waals surface area contributed by atoms with E-state index in [1.807, 2.05) is 32.2 Å². The van der Waals surface area contributed by atoms with Crippen LogP contribution in [0.15, 0.2) is 18.2 Å². The van der Waals surface area contributed by atoms with Crippen LogP contribution in [-0.2, 0) is 6.54 Å². The van der Waals surface area contributed by atoms with Gasteiger partial charge in [0.1, 0.15) is 0 Å². The Morgan fingerprint density at radius 2 is 1.80 bits per heavy atom. The summed E-state index contributed by atoms with van der Waals surface area (Å²) in [6, 6.07) is 5.54. The van der Waals surface area contributed by atoms with Crippen molar-refractivity contribution < 1.29 is 0 Å². The molecule has 15 heavy (non-hydrogen) atoms. The highest BCUT2D eigenvalue weighted by Crippen LogP contribution is 2.25. The quantitative estimate of drug-likeness (QED) is 0.743. The van der Waals surface area contributed by atoms with Gasteiger partial charge in [-0.1, -0.05) is 29.3 Å². The molecule has 1 nitrogen and oxygen atoms in total. The summed E-state index contributed by atoms with van der Waals surface area (Å²) in [6.07, 6.45) is 0. The number of hydrogen-bond acceptors (Lipinski definition) is 1. The highest BCUT2D eigenvalue weighted by molar-refractivity contribution is 6.35. The molecule has 1 rings (SSSR count). The maximum absolute atomic E-state index is 6.07. The molecule has 84 valence electrons. The summed E-state index contributed by atoms with van der Waals surface area (Å²) < 4.78 is 0. The van der Waals surface area contributed by atoms with Crippen LogP contribution in [0.5, 0.6) is 0 Å². The average Bonchev–Trinajstić information content (AvgIpc) is 2.10. The Bertz CT molecular complexity index is 305. The van der Waals surface area contributed by atoms with Crippen molar-refractivity contribution in [2.75, 3.05) is 13.6 Å². The maximum atomic E-state index is 6.07. The second-order valence-electron chi connectivity index (χ2n) is 3.68. The minimum Gasteiger partial charge on any atom is -0.301 e. The summed E-state index contributed by atoms with van der Waals surface area (Å²) in [7, 11) is 2.00. The third-order valence-corrected chi connectivity index (χ3v) is 2.90. The molecular formula is C11H14Cl3N. The topological polar surface area (TPSA) is 3.24 Å². The number of hydrogen-bond donors (Lipinski definition) is 0. The van der Waals surface area contributed by atoms with Gasteiger partial charge < -0.3 is 4.90 Å². The van der Waals surface area contributed by atoms with Crippen molar-refractivity contribution in [3.05, 3.63) is 33.8 Å². The minimum atomic E-state index is 0.122. The Kier molecular flexibility index (Phi) is 5.20. The molecule has 1 aromatic rings. The van der Waals surface area contributed by atoms with Crippen molar-refractivity contribution >= 4 is 34.8 Å². The van der Waals surface area contributed by atoms with Gasteiger partial charge in [0, 0.05) is 34.1 Å². The van der Waals surface area contributed by atoms with Crippen molar-refractivity contribution in [1.29, 1.82) is 0 Å². The van der Waals surface area contributed by atoms with Gasteiger partial charge in [0.2, 0.25) is 0 Å². The van der Waals surface area contributed by atoms with Crippen LogP contribution in [0.25, 0.3) is 0 Å². The summed E-state index contributed by atoms with van der Waals surface area (Å²) in [5.41, 5.74) is 0.959. The number of rotatable bonds is 4. The van der Waals surface area contributed by atoms with E-state index in [1.165, 1.54) is 0 Å². The van der Waals surface area contributed by atoms with Crippen LogP contribution in [0, 0.1) is 0 Å². The molecule has 0 N–H and O–H groups in total. The largest absolute Gasteiger partial charge is 0.301 e. The first kappa shape index (κ1) is 13.1. The van der Waals surface area contributed by atoms with E-state index in [4.69, 9.17) is 34.8 Å². The summed E-state index contributed by atoms with van der Waals surface area (Å²) in [4.78, 5) is 2.10. The summed E-state index contributed by atoms with van der Waals surface area (Å²) >= 11 is 18.0. The van der Waals surface area contributed by atoms with E-state index in [1.54, 1.807) is 0 Å². The smallest absolute Gasteiger partial charge is 0.0465 e. The molecular weight excluding hydrogens is 252 g/mol. The van der Waals surface area contributed by atoms with Gasteiger partial charge >= 0.3 is 0 Å². The van der Waals surface area contributed by atoms with Crippen LogP contribution in [0.2, 0.25) is 10.0 Å². The SMILES string of the molecule is CC(Cl)CN(C)Cc1c(Cl)cccc1Cl. The predicted molar refractivity (Wildman–Crippen MR) is 68.1 cm³/mol. The zero-order valence-electron chi connectivity index (χ0n) is 8.80. The molecule has 0 saturated heterocycles. The molecule has 0 radical (unpaired) electrons. The minimum absolute atomic E-state index is 0.122. The van der Waals surface area contributed by atoms with Crippen LogP contribution < -0.4 is 0 Å². The van der Waals surface area contributed by atoms with E-state index >= 15 is 0 Å². The van der Waals surface area contributed by atoms with E-state index < -0.39 is 0 Å². The summed E-state index contributed by atoms with van der Waals surface area (Å²) in [5, 5.41) is 1.53. The van der Waals surface area contributed by atoms with Gasteiger partial charge in [-0.25, -0.2) is 0 Å². The van der Waals surface area contributed by atoms with Crippen LogP contribution in [0.4, 0.5) is 0 Å². The Hall–Kier alpha value is 0.0500. The third kappa shape index (κ3) is 4.20. The van der Waals surface area contributed by atoms with Gasteiger partial charge in [-0.3, -0.25) is 0 Å². The fourth-order valence-corrected chi connectivity index (χ4v) is 2.20. The fourth-order valence-electron chi connectivity index (χ4n) is 1.45. The number of benzene rings is 1. The molecule has 4 heteroatoms.